The molecule has 0 saturated carbocycles. The van der Waals surface area contributed by atoms with Crippen LogP contribution in [0.1, 0.15) is 30.3 Å². The third-order valence-electron chi connectivity index (χ3n) is 3.75. The number of nitrogens with one attached hydrogen (secondary N) is 1. The number of rotatable bonds is 6. The van der Waals surface area contributed by atoms with Gasteiger partial charge in [0.15, 0.2) is 4.67 Å². The summed E-state index contributed by atoms with van der Waals surface area (Å²) < 4.78 is 31.6. The Morgan fingerprint density at radius 3 is 2.68 bits per heavy atom. The number of sulfonamides is 1. The molecule has 0 aliphatic carbocycles. The highest BCUT2D eigenvalue weighted by molar-refractivity contribution is 9.10. The highest BCUT2D eigenvalue weighted by atomic mass is 79.9. The summed E-state index contributed by atoms with van der Waals surface area (Å²) in [5.74, 6) is -1.01. The fourth-order valence-electron chi connectivity index (χ4n) is 2.34. The van der Waals surface area contributed by atoms with Gasteiger partial charge in [0.05, 0.1) is 0 Å². The van der Waals surface area contributed by atoms with Crippen molar-refractivity contribution in [2.45, 2.75) is 24.7 Å². The monoisotopic (exact) mass is 394 g/mol. The number of carboxylic acids is 1. The Hall–Kier alpha value is -0.900. The Morgan fingerprint density at radius 2 is 2.14 bits per heavy atom. The molecule has 1 aromatic rings. The van der Waals surface area contributed by atoms with Crippen LogP contribution in [0.3, 0.4) is 0 Å². The maximum Gasteiger partial charge on any atom is 0.371 e. The van der Waals surface area contributed by atoms with E-state index in [2.05, 4.69) is 32.5 Å². The van der Waals surface area contributed by atoms with E-state index in [1.807, 2.05) is 0 Å². The number of hydrogen-bond acceptors (Lipinski definition) is 5. The standard InChI is InChI=1S/C13H19BrN2O5S/c1-9-2-5-16(6-3-9)7-4-15-22(19,20)11-8-10(13(17)18)21-12(11)14/h8-9,15H,2-7H2,1H3,(H,17,18). The molecule has 1 fully saturated rings. The number of halogens is 1. The largest absolute Gasteiger partial charge is 0.475 e. The predicted octanol–water partition coefficient (Wildman–Crippen LogP) is 1.75. The molecule has 0 aromatic carbocycles. The van der Waals surface area contributed by atoms with Crippen LogP contribution in [0.2, 0.25) is 0 Å². The Kier molecular flexibility index (Phi) is 5.65. The highest BCUT2D eigenvalue weighted by Crippen LogP contribution is 2.26. The maximum absolute atomic E-state index is 12.2. The van der Waals surface area contributed by atoms with E-state index < -0.39 is 21.8 Å². The topological polar surface area (TPSA) is 99.9 Å². The van der Waals surface area contributed by atoms with Crippen LogP contribution in [0.25, 0.3) is 0 Å². The van der Waals surface area contributed by atoms with Gasteiger partial charge in [-0.2, -0.15) is 0 Å². The SMILES string of the molecule is CC1CCN(CCNS(=O)(=O)c2cc(C(=O)O)oc2Br)CC1. The second-order valence-electron chi connectivity index (χ2n) is 5.48. The first-order chi connectivity index (χ1) is 10.3. The third kappa shape index (κ3) is 4.31. The highest BCUT2D eigenvalue weighted by Gasteiger charge is 2.25. The molecule has 0 unspecified atom stereocenters. The number of aromatic carboxylic acids is 1. The van der Waals surface area contributed by atoms with Gasteiger partial charge in [0.2, 0.25) is 15.8 Å². The van der Waals surface area contributed by atoms with E-state index in [-0.39, 0.29) is 16.1 Å². The van der Waals surface area contributed by atoms with Crippen LogP contribution in [-0.4, -0.2) is 50.6 Å². The first-order valence-corrected chi connectivity index (χ1v) is 9.32. The minimum absolute atomic E-state index is 0.107. The van der Waals surface area contributed by atoms with Crippen LogP contribution in [-0.2, 0) is 10.0 Å². The number of furan rings is 1. The van der Waals surface area contributed by atoms with Crippen LogP contribution in [0, 0.1) is 5.92 Å². The second kappa shape index (κ2) is 7.12. The van der Waals surface area contributed by atoms with Crippen molar-refractivity contribution in [1.29, 1.82) is 0 Å². The van der Waals surface area contributed by atoms with Crippen molar-refractivity contribution < 1.29 is 22.7 Å². The average Bonchev–Trinajstić information content (AvgIpc) is 2.84. The van der Waals surface area contributed by atoms with Crippen molar-refractivity contribution in [3.8, 4) is 0 Å². The van der Waals surface area contributed by atoms with Crippen molar-refractivity contribution in [1.82, 2.24) is 9.62 Å². The number of carbonyl (C=O) groups is 1. The predicted molar refractivity (Wildman–Crippen MR) is 83.4 cm³/mol. The minimum Gasteiger partial charge on any atom is -0.475 e. The second-order valence-corrected chi connectivity index (χ2v) is 7.93. The lowest BCUT2D eigenvalue weighted by Gasteiger charge is -2.30. The normalized spacial score (nSPS) is 17.7. The number of hydrogen-bond donors (Lipinski definition) is 2. The molecule has 7 nitrogen and oxygen atoms in total. The van der Waals surface area contributed by atoms with Crippen LogP contribution >= 0.6 is 15.9 Å². The Bertz CT molecular complexity index is 635. The fourth-order valence-corrected chi connectivity index (χ4v) is 4.30. The zero-order valence-corrected chi connectivity index (χ0v) is 14.6. The molecule has 1 saturated heterocycles. The van der Waals surface area contributed by atoms with Gasteiger partial charge in [0, 0.05) is 19.2 Å². The van der Waals surface area contributed by atoms with Crippen LogP contribution in [0.15, 0.2) is 20.0 Å². The molecule has 2 heterocycles. The van der Waals surface area contributed by atoms with Crippen LogP contribution in [0.5, 0.6) is 0 Å². The van der Waals surface area contributed by atoms with E-state index in [1.54, 1.807) is 0 Å². The molecule has 1 aliphatic heterocycles. The van der Waals surface area contributed by atoms with E-state index in [0.29, 0.717) is 6.54 Å². The molecular formula is C13H19BrN2O5S. The zero-order chi connectivity index (χ0) is 16.3. The minimum atomic E-state index is -3.80. The van der Waals surface area contributed by atoms with E-state index in [4.69, 9.17) is 9.52 Å². The van der Waals surface area contributed by atoms with Gasteiger partial charge >= 0.3 is 5.97 Å². The van der Waals surface area contributed by atoms with E-state index in [1.165, 1.54) is 0 Å². The number of likely N-dealkylation sites (tertiary alicyclic amines) is 1. The van der Waals surface area contributed by atoms with Gasteiger partial charge in [0.25, 0.3) is 0 Å². The summed E-state index contributed by atoms with van der Waals surface area (Å²) in [6.07, 6.45) is 2.25. The molecule has 0 bridgehead atoms. The molecule has 124 valence electrons. The molecular weight excluding hydrogens is 376 g/mol. The van der Waals surface area contributed by atoms with E-state index in [9.17, 15) is 13.2 Å². The Labute approximate surface area is 137 Å². The van der Waals surface area contributed by atoms with Crippen molar-refractivity contribution in [2.24, 2.45) is 5.92 Å². The fraction of sp³-hybridized carbons (Fsp3) is 0.615. The molecule has 1 aromatic heterocycles. The van der Waals surface area contributed by atoms with Gasteiger partial charge in [-0.25, -0.2) is 17.9 Å². The van der Waals surface area contributed by atoms with Crippen molar-refractivity contribution in [3.63, 3.8) is 0 Å². The van der Waals surface area contributed by atoms with Gasteiger partial charge in [-0.15, -0.1) is 0 Å². The summed E-state index contributed by atoms with van der Waals surface area (Å²) in [4.78, 5) is 12.8. The van der Waals surface area contributed by atoms with Crippen molar-refractivity contribution in [3.05, 3.63) is 16.5 Å². The summed E-state index contributed by atoms with van der Waals surface area (Å²) >= 11 is 2.94. The molecule has 0 atom stereocenters. The van der Waals surface area contributed by atoms with E-state index in [0.717, 1.165) is 37.9 Å². The van der Waals surface area contributed by atoms with Crippen LogP contribution < -0.4 is 4.72 Å². The zero-order valence-electron chi connectivity index (χ0n) is 12.2. The van der Waals surface area contributed by atoms with Gasteiger partial charge < -0.3 is 14.4 Å². The molecule has 2 rings (SSSR count). The van der Waals surface area contributed by atoms with Gasteiger partial charge in [-0.05, 0) is 47.8 Å². The first-order valence-electron chi connectivity index (χ1n) is 7.04. The molecule has 9 heteroatoms. The first kappa shape index (κ1) is 17.5. The summed E-state index contributed by atoms with van der Waals surface area (Å²) in [6.45, 7) is 5.07. The molecule has 0 radical (unpaired) electrons. The lowest BCUT2D eigenvalue weighted by molar-refractivity contribution is 0.0661. The lowest BCUT2D eigenvalue weighted by Crippen LogP contribution is -2.39. The number of nitrogens with zero attached hydrogens (tertiary/aromatic N) is 1. The maximum atomic E-state index is 12.2. The summed E-state index contributed by atoms with van der Waals surface area (Å²) in [6, 6.07) is 0.997. The number of carboxylic acid groups (broad SMARTS) is 1. The third-order valence-corrected chi connectivity index (χ3v) is 6.07. The van der Waals surface area contributed by atoms with E-state index >= 15 is 0 Å². The Balaban J connectivity index is 1.92. The lowest BCUT2D eigenvalue weighted by atomic mass is 9.99. The molecule has 0 spiro atoms. The smallest absolute Gasteiger partial charge is 0.371 e. The quantitative estimate of drug-likeness (QED) is 0.762. The summed E-state index contributed by atoms with van der Waals surface area (Å²) in [7, 11) is -3.80. The van der Waals surface area contributed by atoms with Gasteiger partial charge in [-0.3, -0.25) is 0 Å². The number of piperidine rings is 1. The van der Waals surface area contributed by atoms with Gasteiger partial charge in [0.1, 0.15) is 4.90 Å². The Morgan fingerprint density at radius 1 is 1.50 bits per heavy atom. The molecule has 2 N–H and O–H groups in total. The average molecular weight is 395 g/mol. The molecule has 1 aliphatic rings. The molecule has 22 heavy (non-hydrogen) atoms. The van der Waals surface area contributed by atoms with Crippen molar-refractivity contribution in [2.75, 3.05) is 26.2 Å². The summed E-state index contributed by atoms with van der Waals surface area (Å²) in [5, 5.41) is 8.82. The summed E-state index contributed by atoms with van der Waals surface area (Å²) in [5.41, 5.74) is 0. The van der Waals surface area contributed by atoms with Crippen LogP contribution in [0.4, 0.5) is 0 Å². The van der Waals surface area contributed by atoms with Crippen molar-refractivity contribution >= 4 is 31.9 Å². The molecule has 0 amide bonds. The van der Waals surface area contributed by atoms with Gasteiger partial charge in [-0.1, -0.05) is 6.92 Å².